The Hall–Kier alpha value is -1.82. The summed E-state index contributed by atoms with van der Waals surface area (Å²) < 4.78 is 34.3. The van der Waals surface area contributed by atoms with Crippen molar-refractivity contribution in [2.75, 3.05) is 26.4 Å². The van der Waals surface area contributed by atoms with Gasteiger partial charge in [-0.25, -0.2) is 8.78 Å². The number of hydrogen-bond acceptors (Lipinski definition) is 3. The Kier molecular flexibility index (Phi) is 5.78. The lowest BCUT2D eigenvalue weighted by Crippen LogP contribution is -2.38. The van der Waals surface area contributed by atoms with Gasteiger partial charge in [0, 0.05) is 36.3 Å². The van der Waals surface area contributed by atoms with E-state index in [1.54, 1.807) is 36.4 Å². The van der Waals surface area contributed by atoms with E-state index in [-0.39, 0.29) is 23.7 Å². The summed E-state index contributed by atoms with van der Waals surface area (Å²) in [4.78, 5) is 0. The normalized spacial score (nSPS) is 20.3. The number of ether oxygens (including phenoxy) is 1. The fourth-order valence-electron chi connectivity index (χ4n) is 3.44. The molecule has 3 rings (SSSR count). The Morgan fingerprint density at radius 3 is 2.12 bits per heavy atom. The lowest BCUT2D eigenvalue weighted by molar-refractivity contribution is 0.123. The Morgan fingerprint density at radius 2 is 1.64 bits per heavy atom. The largest absolute Gasteiger partial charge is 0.396 e. The van der Waals surface area contributed by atoms with Crippen molar-refractivity contribution in [2.24, 2.45) is 5.41 Å². The molecule has 5 heteroatoms. The number of rotatable bonds is 7. The summed E-state index contributed by atoms with van der Waals surface area (Å²) >= 11 is 0. The average Bonchev–Trinajstić information content (AvgIpc) is 3.07. The molecule has 1 atom stereocenters. The molecule has 1 saturated heterocycles. The molecular formula is C20H23F2NO2. The number of aliphatic hydroxyl groups excluding tert-OH is 1. The minimum atomic E-state index is -0.599. The molecule has 2 aromatic carbocycles. The summed E-state index contributed by atoms with van der Waals surface area (Å²) in [6.07, 6.45) is 1.42. The highest BCUT2D eigenvalue weighted by Crippen LogP contribution is 2.34. The second kappa shape index (κ2) is 8.04. The highest BCUT2D eigenvalue weighted by atomic mass is 19.1. The van der Waals surface area contributed by atoms with Crippen molar-refractivity contribution in [1.82, 2.24) is 5.32 Å². The van der Waals surface area contributed by atoms with Crippen molar-refractivity contribution in [2.45, 2.75) is 18.9 Å². The number of benzene rings is 2. The van der Waals surface area contributed by atoms with Gasteiger partial charge in [-0.1, -0.05) is 36.4 Å². The molecule has 0 aromatic heterocycles. The molecule has 0 amide bonds. The van der Waals surface area contributed by atoms with Crippen LogP contribution in [0.5, 0.6) is 0 Å². The van der Waals surface area contributed by atoms with Crippen LogP contribution < -0.4 is 5.32 Å². The first-order valence-corrected chi connectivity index (χ1v) is 8.56. The molecule has 1 aliphatic rings. The highest BCUT2D eigenvalue weighted by Gasteiger charge is 2.35. The van der Waals surface area contributed by atoms with E-state index >= 15 is 0 Å². The van der Waals surface area contributed by atoms with Crippen molar-refractivity contribution < 1.29 is 18.6 Å². The molecule has 1 aliphatic heterocycles. The maximum absolute atomic E-state index is 14.4. The monoisotopic (exact) mass is 347 g/mol. The maximum atomic E-state index is 14.4. The third-order valence-electron chi connectivity index (χ3n) is 4.94. The van der Waals surface area contributed by atoms with E-state index in [9.17, 15) is 13.9 Å². The fraction of sp³-hybridized carbons (Fsp3) is 0.400. The van der Waals surface area contributed by atoms with Gasteiger partial charge in [-0.3, -0.25) is 0 Å². The van der Waals surface area contributed by atoms with Gasteiger partial charge in [-0.2, -0.15) is 0 Å². The minimum absolute atomic E-state index is 0.0646. The standard InChI is InChI=1S/C20H23F2NO2/c21-17-7-3-1-5-15(17)19(16-6-2-4-8-18(16)22)23-13-20(9-11-24)10-12-25-14-20/h1-8,19,23-24H,9-14H2. The minimum Gasteiger partial charge on any atom is -0.396 e. The zero-order valence-corrected chi connectivity index (χ0v) is 14.1. The predicted octanol–water partition coefficient (Wildman–Crippen LogP) is 3.43. The number of aliphatic hydroxyl groups is 1. The first-order chi connectivity index (χ1) is 12.2. The Bertz CT molecular complexity index is 656. The molecule has 0 radical (unpaired) electrons. The summed E-state index contributed by atoms with van der Waals surface area (Å²) in [5, 5.41) is 12.7. The van der Waals surface area contributed by atoms with Crippen LogP contribution in [0.1, 0.15) is 30.0 Å². The van der Waals surface area contributed by atoms with Crippen molar-refractivity contribution >= 4 is 0 Å². The van der Waals surface area contributed by atoms with Gasteiger partial charge >= 0.3 is 0 Å². The van der Waals surface area contributed by atoms with Gasteiger partial charge in [-0.15, -0.1) is 0 Å². The smallest absolute Gasteiger partial charge is 0.128 e. The zero-order valence-electron chi connectivity index (χ0n) is 14.1. The van der Waals surface area contributed by atoms with Crippen LogP contribution in [0.25, 0.3) is 0 Å². The van der Waals surface area contributed by atoms with E-state index in [0.717, 1.165) is 6.42 Å². The van der Waals surface area contributed by atoms with Crippen LogP contribution in [0.15, 0.2) is 48.5 Å². The molecule has 0 saturated carbocycles. The van der Waals surface area contributed by atoms with E-state index in [4.69, 9.17) is 4.74 Å². The third kappa shape index (κ3) is 4.06. The topological polar surface area (TPSA) is 41.5 Å². The van der Waals surface area contributed by atoms with Gasteiger partial charge in [0.05, 0.1) is 12.6 Å². The van der Waals surface area contributed by atoms with Gasteiger partial charge < -0.3 is 15.2 Å². The maximum Gasteiger partial charge on any atom is 0.128 e. The summed E-state index contributed by atoms with van der Waals surface area (Å²) in [6, 6.07) is 12.2. The summed E-state index contributed by atoms with van der Waals surface area (Å²) in [5.74, 6) is -0.746. The number of nitrogens with one attached hydrogen (secondary N) is 1. The molecule has 134 valence electrons. The lowest BCUT2D eigenvalue weighted by Gasteiger charge is -2.30. The lowest BCUT2D eigenvalue weighted by atomic mass is 9.83. The zero-order chi connectivity index (χ0) is 17.7. The number of hydrogen-bond donors (Lipinski definition) is 2. The van der Waals surface area contributed by atoms with Crippen molar-refractivity contribution in [3.05, 3.63) is 71.3 Å². The summed E-state index contributed by atoms with van der Waals surface area (Å²) in [5.41, 5.74) is 0.611. The molecule has 0 bridgehead atoms. The van der Waals surface area contributed by atoms with Crippen LogP contribution in [0.2, 0.25) is 0 Å². The molecule has 0 aliphatic carbocycles. The molecule has 2 aromatic rings. The molecule has 3 nitrogen and oxygen atoms in total. The van der Waals surface area contributed by atoms with Crippen molar-refractivity contribution in [3.8, 4) is 0 Å². The second-order valence-electron chi connectivity index (χ2n) is 6.63. The van der Waals surface area contributed by atoms with Crippen LogP contribution >= 0.6 is 0 Å². The predicted molar refractivity (Wildman–Crippen MR) is 92.2 cm³/mol. The molecule has 1 fully saturated rings. The Balaban J connectivity index is 1.90. The Morgan fingerprint density at radius 1 is 1.04 bits per heavy atom. The van der Waals surface area contributed by atoms with Gasteiger partial charge in [0.1, 0.15) is 11.6 Å². The van der Waals surface area contributed by atoms with Gasteiger partial charge in [0.2, 0.25) is 0 Å². The third-order valence-corrected chi connectivity index (χ3v) is 4.94. The van der Waals surface area contributed by atoms with E-state index in [0.29, 0.717) is 37.3 Å². The molecular weight excluding hydrogens is 324 g/mol. The van der Waals surface area contributed by atoms with Crippen molar-refractivity contribution in [3.63, 3.8) is 0 Å². The second-order valence-corrected chi connectivity index (χ2v) is 6.63. The van der Waals surface area contributed by atoms with Crippen LogP contribution in [-0.4, -0.2) is 31.5 Å². The molecule has 1 heterocycles. The van der Waals surface area contributed by atoms with Crippen LogP contribution in [0.4, 0.5) is 8.78 Å². The van der Waals surface area contributed by atoms with Gasteiger partial charge in [0.15, 0.2) is 0 Å². The van der Waals surface area contributed by atoms with Crippen LogP contribution in [-0.2, 0) is 4.74 Å². The SMILES string of the molecule is OCCC1(CNC(c2ccccc2F)c2ccccc2F)CCOC1. The molecule has 1 unspecified atom stereocenters. The molecule has 0 spiro atoms. The first kappa shape index (κ1) is 18.0. The van der Waals surface area contributed by atoms with E-state index < -0.39 is 6.04 Å². The highest BCUT2D eigenvalue weighted by molar-refractivity contribution is 5.33. The van der Waals surface area contributed by atoms with E-state index in [2.05, 4.69) is 5.32 Å². The van der Waals surface area contributed by atoms with Gasteiger partial charge in [-0.05, 0) is 25.0 Å². The van der Waals surface area contributed by atoms with E-state index in [1.807, 2.05) is 0 Å². The number of halogens is 2. The summed E-state index contributed by atoms with van der Waals surface area (Å²) in [7, 11) is 0. The Labute approximate surface area is 146 Å². The van der Waals surface area contributed by atoms with Crippen LogP contribution in [0.3, 0.4) is 0 Å². The molecule has 25 heavy (non-hydrogen) atoms. The molecule has 2 N–H and O–H groups in total. The fourth-order valence-corrected chi connectivity index (χ4v) is 3.44. The average molecular weight is 347 g/mol. The van der Waals surface area contributed by atoms with Crippen molar-refractivity contribution in [1.29, 1.82) is 0 Å². The summed E-state index contributed by atoms with van der Waals surface area (Å²) in [6.45, 7) is 1.77. The first-order valence-electron chi connectivity index (χ1n) is 8.56. The van der Waals surface area contributed by atoms with Crippen LogP contribution in [0, 0.1) is 17.0 Å². The van der Waals surface area contributed by atoms with E-state index in [1.165, 1.54) is 12.1 Å². The van der Waals surface area contributed by atoms with Gasteiger partial charge in [0.25, 0.3) is 0 Å². The quantitative estimate of drug-likeness (QED) is 0.806.